The molecule has 0 spiro atoms. The molecule has 11 nitrogen and oxygen atoms in total. The number of rotatable bonds is 9. The Bertz CT molecular complexity index is 1250. The number of hydrogen-bond donors (Lipinski definition) is 2. The molecule has 0 radical (unpaired) electrons. The highest BCUT2D eigenvalue weighted by Gasteiger charge is 2.45. The van der Waals surface area contributed by atoms with Crippen molar-refractivity contribution in [2.24, 2.45) is 0 Å². The zero-order chi connectivity index (χ0) is 29.6. The van der Waals surface area contributed by atoms with E-state index >= 15 is 0 Å². The molecular formula is C25H43BrN4O7Si2. The van der Waals surface area contributed by atoms with Crippen LogP contribution in [-0.4, -0.2) is 55.9 Å². The van der Waals surface area contributed by atoms with Crippen LogP contribution in [0.4, 0.5) is 5.82 Å². The first-order valence-corrected chi connectivity index (χ1v) is 19.7. The number of halogens is 1. The maximum absolute atomic E-state index is 12.7. The summed E-state index contributed by atoms with van der Waals surface area (Å²) in [5.41, 5.74) is 0.289. The lowest BCUT2D eigenvalue weighted by atomic mass is 10.2. The molecular weight excluding hydrogens is 604 g/mol. The molecule has 3 rings (SSSR count). The quantitative estimate of drug-likeness (QED) is 0.193. The Balaban J connectivity index is 1.89. The number of ether oxygens (including phenoxy) is 1. The number of aromatic amines is 1. The van der Waals surface area contributed by atoms with Gasteiger partial charge in [-0.2, -0.15) is 0 Å². The highest BCUT2D eigenvalue weighted by molar-refractivity contribution is 9.10. The summed E-state index contributed by atoms with van der Waals surface area (Å²) in [5.74, 6) is -0.0690. The molecule has 39 heavy (non-hydrogen) atoms. The molecule has 1 aliphatic heterocycles. The van der Waals surface area contributed by atoms with Gasteiger partial charge in [0.15, 0.2) is 5.52 Å². The van der Waals surface area contributed by atoms with Crippen LogP contribution in [0, 0.1) is 0 Å². The van der Waals surface area contributed by atoms with Crippen molar-refractivity contribution in [3.63, 3.8) is 0 Å². The number of pyridine rings is 1. The van der Waals surface area contributed by atoms with Crippen molar-refractivity contribution >= 4 is 55.3 Å². The largest absolute Gasteiger partial charge is 0.349 e. The lowest BCUT2D eigenvalue weighted by molar-refractivity contribution is -0.290. The van der Waals surface area contributed by atoms with E-state index in [1.165, 1.54) is 6.92 Å². The zero-order valence-electron chi connectivity index (χ0n) is 24.9. The Morgan fingerprint density at radius 3 is 2.31 bits per heavy atom. The molecule has 1 fully saturated rings. The maximum atomic E-state index is 12.7. The minimum absolute atomic E-state index is 0.0198. The predicted octanol–water partition coefficient (Wildman–Crippen LogP) is 6.01. The minimum Gasteiger partial charge on any atom is -0.349 e. The fourth-order valence-corrected chi connectivity index (χ4v) is 5.19. The minimum atomic E-state index is -2.21. The topological polar surface area (TPSA) is 126 Å². The van der Waals surface area contributed by atoms with Crippen LogP contribution in [0.2, 0.25) is 36.3 Å². The smallest absolute Gasteiger partial charge is 0.277 e. The number of anilines is 1. The highest BCUT2D eigenvalue weighted by atomic mass is 79.9. The van der Waals surface area contributed by atoms with Crippen LogP contribution < -0.4 is 10.9 Å². The molecule has 14 heteroatoms. The van der Waals surface area contributed by atoms with E-state index in [-0.39, 0.29) is 33.9 Å². The van der Waals surface area contributed by atoms with Gasteiger partial charge in [-0.3, -0.25) is 18.7 Å². The molecule has 2 aromatic heterocycles. The van der Waals surface area contributed by atoms with Gasteiger partial charge in [-0.1, -0.05) is 41.5 Å². The summed E-state index contributed by atoms with van der Waals surface area (Å²) in [7, 11) is -4.36. The van der Waals surface area contributed by atoms with E-state index in [1.807, 2.05) is 0 Å². The van der Waals surface area contributed by atoms with Crippen LogP contribution >= 0.6 is 15.9 Å². The van der Waals surface area contributed by atoms with E-state index in [0.717, 1.165) is 0 Å². The number of carbonyl (C=O) groups is 1. The predicted molar refractivity (Wildman–Crippen MR) is 158 cm³/mol. The van der Waals surface area contributed by atoms with Crippen molar-refractivity contribution in [2.45, 2.75) is 110 Å². The van der Waals surface area contributed by atoms with E-state index in [1.54, 1.807) is 10.9 Å². The molecule has 1 amide bonds. The third kappa shape index (κ3) is 7.09. The monoisotopic (exact) mass is 646 g/mol. The molecule has 2 N–H and O–H groups in total. The van der Waals surface area contributed by atoms with E-state index in [9.17, 15) is 9.59 Å². The number of nitrogens with one attached hydrogen (secondary N) is 2. The van der Waals surface area contributed by atoms with Gasteiger partial charge in [-0.15, -0.1) is 0 Å². The Hall–Kier alpha value is -1.40. The first kappa shape index (κ1) is 32.1. The van der Waals surface area contributed by atoms with Gasteiger partial charge in [0.2, 0.25) is 22.5 Å². The Labute approximate surface area is 240 Å². The number of carbonyl (C=O) groups excluding carboxylic acids is 1. The Morgan fingerprint density at radius 1 is 1.15 bits per heavy atom. The summed E-state index contributed by atoms with van der Waals surface area (Å²) in [5, 5.41) is 2.57. The average Bonchev–Trinajstić information content (AvgIpc) is 3.38. The van der Waals surface area contributed by atoms with Crippen LogP contribution in [0.15, 0.2) is 15.6 Å². The fraction of sp³-hybridized carbons (Fsp3) is 0.720. The standard InChI is InChI=1S/C25H43BrN4O7Si2/c1-15(31)28-22-19(26)21-20(23(32)29-22)27-14-30(21)18-12-16(35-37-39(10,11)25(5,6)7)17(34-18)13-33-36-38(8,9)24(2,3)4/h14,16-18H,12-13H2,1-11H3,(H2,28,29,31,32)/t16-,17+,18+/m0/s1. The lowest BCUT2D eigenvalue weighted by Crippen LogP contribution is -2.44. The van der Waals surface area contributed by atoms with Crippen LogP contribution in [-0.2, 0) is 28.5 Å². The van der Waals surface area contributed by atoms with Crippen molar-refractivity contribution in [3.8, 4) is 0 Å². The molecule has 0 bridgehead atoms. The number of nitrogens with zero attached hydrogens (tertiary/aromatic N) is 2. The van der Waals surface area contributed by atoms with Crippen LogP contribution in [0.5, 0.6) is 0 Å². The second-order valence-electron chi connectivity index (χ2n) is 13.1. The number of hydrogen-bond acceptors (Lipinski definition) is 8. The van der Waals surface area contributed by atoms with Crippen molar-refractivity contribution in [3.05, 3.63) is 21.2 Å². The summed E-state index contributed by atoms with van der Waals surface area (Å²) in [6.07, 6.45) is 0.474. The number of aromatic nitrogens is 3. The van der Waals surface area contributed by atoms with Crippen molar-refractivity contribution in [1.29, 1.82) is 0 Å². The van der Waals surface area contributed by atoms with Crippen LogP contribution in [0.25, 0.3) is 11.0 Å². The molecule has 2 aromatic rings. The zero-order valence-corrected chi connectivity index (χ0v) is 28.4. The Morgan fingerprint density at radius 2 is 1.74 bits per heavy atom. The maximum Gasteiger partial charge on any atom is 0.277 e. The second kappa shape index (κ2) is 11.5. The average molecular weight is 648 g/mol. The van der Waals surface area contributed by atoms with Gasteiger partial charge in [-0.05, 0) is 52.2 Å². The van der Waals surface area contributed by atoms with Gasteiger partial charge >= 0.3 is 0 Å². The van der Waals surface area contributed by atoms with Crippen molar-refractivity contribution < 1.29 is 28.5 Å². The van der Waals surface area contributed by atoms with Gasteiger partial charge in [0, 0.05) is 13.3 Å². The summed E-state index contributed by atoms with van der Waals surface area (Å²) < 4.78 is 20.7. The van der Waals surface area contributed by atoms with E-state index in [4.69, 9.17) is 23.7 Å². The molecule has 3 heterocycles. The van der Waals surface area contributed by atoms with Crippen molar-refractivity contribution in [2.75, 3.05) is 11.9 Å². The first-order valence-electron chi connectivity index (χ1n) is 13.1. The van der Waals surface area contributed by atoms with Gasteiger partial charge in [0.1, 0.15) is 30.9 Å². The highest BCUT2D eigenvalue weighted by Crippen LogP contribution is 2.41. The molecule has 1 aliphatic rings. The van der Waals surface area contributed by atoms with E-state index in [0.29, 0.717) is 16.4 Å². The van der Waals surface area contributed by atoms with E-state index in [2.05, 4.69) is 98.9 Å². The molecule has 0 aromatic carbocycles. The molecule has 3 atom stereocenters. The number of fused-ring (bicyclic) bond motifs is 1. The normalized spacial score (nSPS) is 21.1. The Kier molecular flexibility index (Phi) is 9.45. The lowest BCUT2D eigenvalue weighted by Gasteiger charge is -2.36. The van der Waals surface area contributed by atoms with Crippen LogP contribution in [0.1, 0.15) is 61.1 Å². The number of amides is 1. The number of H-pyrrole nitrogens is 1. The van der Waals surface area contributed by atoms with Gasteiger partial charge in [0.25, 0.3) is 5.56 Å². The SMILES string of the molecule is CC(=O)Nc1[nH]c(=O)c2ncn([C@H]3C[C@H](OO[Si](C)(C)C(C)(C)C)[C@@H](COO[Si](C)(C)C(C)(C)C)O3)c2c1Br. The van der Waals surface area contributed by atoms with Crippen LogP contribution in [0.3, 0.4) is 0 Å². The second-order valence-corrected chi connectivity index (χ2v) is 23.3. The molecule has 1 saturated heterocycles. The van der Waals surface area contributed by atoms with Gasteiger partial charge in [0.05, 0.1) is 16.3 Å². The summed E-state index contributed by atoms with van der Waals surface area (Å²) in [4.78, 5) is 43.2. The molecule has 0 unspecified atom stereocenters. The first-order chi connectivity index (χ1) is 17.7. The van der Waals surface area contributed by atoms with E-state index < -0.39 is 40.6 Å². The summed E-state index contributed by atoms with van der Waals surface area (Å²) in [6, 6.07) is 0. The third-order valence-corrected chi connectivity index (χ3v) is 17.0. The van der Waals surface area contributed by atoms with Gasteiger partial charge in [-0.25, -0.2) is 14.8 Å². The van der Waals surface area contributed by atoms with Gasteiger partial charge < -0.3 is 19.6 Å². The van der Waals surface area contributed by atoms with Crippen molar-refractivity contribution in [1.82, 2.24) is 14.5 Å². The third-order valence-electron chi connectivity index (χ3n) is 7.96. The summed E-state index contributed by atoms with van der Waals surface area (Å²) in [6.45, 7) is 22.8. The molecule has 0 saturated carbocycles. The fourth-order valence-electron chi connectivity index (χ4n) is 3.37. The molecule has 0 aliphatic carbocycles. The number of imidazole rings is 1. The summed E-state index contributed by atoms with van der Waals surface area (Å²) >= 11 is 3.52. The molecule has 220 valence electrons.